The number of thiazole rings is 1. The lowest BCUT2D eigenvalue weighted by molar-refractivity contribution is -0.111. The molecule has 2 rings (SSSR count). The van der Waals surface area contributed by atoms with Crippen molar-refractivity contribution in [2.45, 2.75) is 45.9 Å². The van der Waals surface area contributed by atoms with Crippen LogP contribution in [0.3, 0.4) is 0 Å². The molecule has 0 radical (unpaired) electrons. The van der Waals surface area contributed by atoms with Crippen LogP contribution < -0.4 is 11.1 Å². The molecular weight excluding hydrogens is 262 g/mol. The van der Waals surface area contributed by atoms with E-state index in [0.717, 1.165) is 11.4 Å². The first-order chi connectivity index (χ1) is 8.98. The number of rotatable bonds is 5. The minimum Gasteiger partial charge on any atom is -0.378 e. The van der Waals surface area contributed by atoms with Gasteiger partial charge in [0.1, 0.15) is 10.7 Å². The average Bonchev–Trinajstić information content (AvgIpc) is 2.86. The minimum absolute atomic E-state index is 0.0294. The molecule has 0 bridgehead atoms. The van der Waals surface area contributed by atoms with E-state index in [1.165, 1.54) is 11.3 Å². The zero-order chi connectivity index (χ0) is 14.0. The van der Waals surface area contributed by atoms with Crippen LogP contribution in [-0.2, 0) is 11.3 Å². The maximum Gasteiger partial charge on any atom is 0.270 e. The normalized spacial score (nSPS) is 24.8. The van der Waals surface area contributed by atoms with Gasteiger partial charge in [0.15, 0.2) is 0 Å². The summed E-state index contributed by atoms with van der Waals surface area (Å²) >= 11 is 1.42. The maximum atomic E-state index is 12.1. The van der Waals surface area contributed by atoms with E-state index in [1.54, 1.807) is 5.38 Å². The summed E-state index contributed by atoms with van der Waals surface area (Å²) in [7, 11) is 0. The van der Waals surface area contributed by atoms with E-state index in [9.17, 15) is 4.79 Å². The molecule has 3 N–H and O–H groups in total. The molecule has 0 spiro atoms. The quantitative estimate of drug-likeness (QED) is 0.859. The molecule has 0 saturated heterocycles. The number of ether oxygens (including phenoxy) is 1. The topological polar surface area (TPSA) is 77.2 Å². The number of amides is 1. The molecule has 2 atom stereocenters. The van der Waals surface area contributed by atoms with Gasteiger partial charge in [-0.3, -0.25) is 4.79 Å². The van der Waals surface area contributed by atoms with Crippen molar-refractivity contribution in [1.82, 2.24) is 10.3 Å². The van der Waals surface area contributed by atoms with Gasteiger partial charge in [0.25, 0.3) is 5.91 Å². The largest absolute Gasteiger partial charge is 0.378 e. The van der Waals surface area contributed by atoms with Gasteiger partial charge in [-0.25, -0.2) is 4.98 Å². The van der Waals surface area contributed by atoms with Crippen LogP contribution >= 0.6 is 11.3 Å². The van der Waals surface area contributed by atoms with Crippen LogP contribution in [0.4, 0.5) is 0 Å². The summed E-state index contributed by atoms with van der Waals surface area (Å²) in [5.74, 6) is -0.121. The van der Waals surface area contributed by atoms with E-state index in [0.29, 0.717) is 18.8 Å². The van der Waals surface area contributed by atoms with Crippen LogP contribution in [0.1, 0.15) is 42.7 Å². The number of nitrogens with two attached hydrogens (primary N) is 1. The van der Waals surface area contributed by atoms with E-state index in [2.05, 4.69) is 24.1 Å². The third-order valence-corrected chi connectivity index (χ3v) is 4.68. The maximum absolute atomic E-state index is 12.1. The Bertz CT molecular complexity index is 458. The first kappa shape index (κ1) is 14.4. The highest BCUT2D eigenvalue weighted by Crippen LogP contribution is 2.42. The van der Waals surface area contributed by atoms with Crippen LogP contribution in [0, 0.1) is 5.41 Å². The van der Waals surface area contributed by atoms with Crippen molar-refractivity contribution in [3.05, 3.63) is 16.1 Å². The third-order valence-electron chi connectivity index (χ3n) is 3.81. The number of nitrogens with zero attached hydrogens (tertiary/aromatic N) is 1. The molecule has 6 heteroatoms. The number of nitrogens with one attached hydrogen (secondary N) is 1. The van der Waals surface area contributed by atoms with Gasteiger partial charge in [0, 0.05) is 30.0 Å². The van der Waals surface area contributed by atoms with Gasteiger partial charge in [-0.1, -0.05) is 13.8 Å². The summed E-state index contributed by atoms with van der Waals surface area (Å²) in [6, 6.07) is 0.138. The molecule has 106 valence electrons. The van der Waals surface area contributed by atoms with Gasteiger partial charge in [-0.2, -0.15) is 0 Å². The zero-order valence-electron chi connectivity index (χ0n) is 11.6. The van der Waals surface area contributed by atoms with Crippen molar-refractivity contribution in [3.63, 3.8) is 0 Å². The summed E-state index contributed by atoms with van der Waals surface area (Å²) in [5.41, 5.74) is 5.93. The lowest BCUT2D eigenvalue weighted by atomic mass is 9.64. The van der Waals surface area contributed by atoms with Gasteiger partial charge >= 0.3 is 0 Å². The summed E-state index contributed by atoms with van der Waals surface area (Å²) in [4.78, 5) is 16.3. The van der Waals surface area contributed by atoms with E-state index in [1.807, 2.05) is 6.92 Å². The molecule has 5 nitrogen and oxygen atoms in total. The molecule has 1 heterocycles. The molecule has 1 aromatic heterocycles. The van der Waals surface area contributed by atoms with Crippen LogP contribution in [0.5, 0.6) is 0 Å². The highest BCUT2D eigenvalue weighted by molar-refractivity contribution is 7.09. The molecule has 1 aliphatic rings. The van der Waals surface area contributed by atoms with Gasteiger partial charge in [0.2, 0.25) is 0 Å². The second-order valence-corrected chi connectivity index (χ2v) is 6.30. The Balaban J connectivity index is 1.94. The number of hydrogen-bond acceptors (Lipinski definition) is 5. The molecule has 1 aromatic rings. The van der Waals surface area contributed by atoms with Gasteiger partial charge in [0.05, 0.1) is 6.10 Å². The Hall–Kier alpha value is -0.980. The molecule has 19 heavy (non-hydrogen) atoms. The van der Waals surface area contributed by atoms with Crippen molar-refractivity contribution in [1.29, 1.82) is 0 Å². The minimum atomic E-state index is -0.121. The summed E-state index contributed by atoms with van der Waals surface area (Å²) in [5, 5.41) is 5.57. The molecule has 1 fully saturated rings. The molecule has 1 aliphatic carbocycles. The Kier molecular flexibility index (Phi) is 4.23. The molecular formula is C13H21N3O2S. The summed E-state index contributed by atoms with van der Waals surface area (Å²) < 4.78 is 5.65. The smallest absolute Gasteiger partial charge is 0.270 e. The highest BCUT2D eigenvalue weighted by Gasteiger charge is 2.49. The van der Waals surface area contributed by atoms with Crippen molar-refractivity contribution in [2.24, 2.45) is 11.1 Å². The van der Waals surface area contributed by atoms with Crippen LogP contribution in [0.15, 0.2) is 5.38 Å². The Labute approximate surface area is 117 Å². The number of carbonyl (C=O) groups is 1. The Morgan fingerprint density at radius 3 is 2.95 bits per heavy atom. The fraction of sp³-hybridized carbons (Fsp3) is 0.692. The van der Waals surface area contributed by atoms with Crippen molar-refractivity contribution in [3.8, 4) is 0 Å². The summed E-state index contributed by atoms with van der Waals surface area (Å²) in [6.07, 6.45) is 1.08. The molecule has 1 saturated carbocycles. The Morgan fingerprint density at radius 2 is 2.42 bits per heavy atom. The SMILES string of the molecule is CCOC1CC(NC(=O)c2csc(CN)n2)C1(C)C. The molecule has 0 aliphatic heterocycles. The molecule has 0 aromatic carbocycles. The van der Waals surface area contributed by atoms with E-state index in [4.69, 9.17) is 10.5 Å². The predicted molar refractivity (Wildman–Crippen MR) is 75.1 cm³/mol. The number of hydrogen-bond donors (Lipinski definition) is 2. The zero-order valence-corrected chi connectivity index (χ0v) is 12.4. The third kappa shape index (κ3) is 2.80. The molecule has 2 unspecified atom stereocenters. The fourth-order valence-electron chi connectivity index (χ4n) is 2.36. The number of carbonyl (C=O) groups excluding carboxylic acids is 1. The van der Waals surface area contributed by atoms with Crippen LogP contribution in [0.2, 0.25) is 0 Å². The summed E-state index contributed by atoms with van der Waals surface area (Å²) in [6.45, 7) is 7.31. The lowest BCUT2D eigenvalue weighted by Crippen LogP contribution is -2.62. The monoisotopic (exact) mass is 283 g/mol. The van der Waals surface area contributed by atoms with Crippen molar-refractivity contribution in [2.75, 3.05) is 6.61 Å². The van der Waals surface area contributed by atoms with Crippen LogP contribution in [0.25, 0.3) is 0 Å². The van der Waals surface area contributed by atoms with Crippen LogP contribution in [-0.4, -0.2) is 29.6 Å². The van der Waals surface area contributed by atoms with Crippen molar-refractivity contribution < 1.29 is 9.53 Å². The first-order valence-electron chi connectivity index (χ1n) is 6.56. The van der Waals surface area contributed by atoms with E-state index in [-0.39, 0.29) is 23.5 Å². The van der Waals surface area contributed by atoms with E-state index < -0.39 is 0 Å². The lowest BCUT2D eigenvalue weighted by Gasteiger charge is -2.51. The van der Waals surface area contributed by atoms with E-state index >= 15 is 0 Å². The standard InChI is InChI=1S/C13H21N3O2S/c1-4-18-10-5-9(13(10,2)3)16-12(17)8-7-19-11(6-14)15-8/h7,9-10H,4-6,14H2,1-3H3,(H,16,17). The van der Waals surface area contributed by atoms with Gasteiger partial charge < -0.3 is 15.8 Å². The second kappa shape index (κ2) is 5.56. The first-order valence-corrected chi connectivity index (χ1v) is 7.44. The van der Waals surface area contributed by atoms with Gasteiger partial charge in [-0.05, 0) is 13.3 Å². The Morgan fingerprint density at radius 1 is 1.68 bits per heavy atom. The van der Waals surface area contributed by atoms with Gasteiger partial charge in [-0.15, -0.1) is 11.3 Å². The average molecular weight is 283 g/mol. The highest BCUT2D eigenvalue weighted by atomic mass is 32.1. The second-order valence-electron chi connectivity index (χ2n) is 5.36. The number of aromatic nitrogens is 1. The molecule has 1 amide bonds. The predicted octanol–water partition coefficient (Wildman–Crippen LogP) is 1.54. The fourth-order valence-corrected chi connectivity index (χ4v) is 3.01. The van der Waals surface area contributed by atoms with Crippen molar-refractivity contribution >= 4 is 17.2 Å².